The van der Waals surface area contributed by atoms with Crippen LogP contribution < -0.4 is 5.73 Å². The number of methoxy groups -OCH3 is 1. The van der Waals surface area contributed by atoms with Crippen molar-refractivity contribution in [3.8, 4) is 0 Å². The first kappa shape index (κ1) is 16.2. The molecule has 2 N–H and O–H groups in total. The molecule has 0 radical (unpaired) electrons. The van der Waals surface area contributed by atoms with Crippen LogP contribution >= 0.6 is 0 Å². The van der Waals surface area contributed by atoms with Crippen molar-refractivity contribution in [2.45, 2.75) is 33.2 Å². The second-order valence-corrected chi connectivity index (χ2v) is 4.70. The molecule has 1 aromatic rings. The van der Waals surface area contributed by atoms with Gasteiger partial charge in [0.25, 0.3) is 0 Å². The van der Waals surface area contributed by atoms with Gasteiger partial charge in [-0.1, -0.05) is 13.3 Å². The van der Waals surface area contributed by atoms with Gasteiger partial charge in [-0.3, -0.25) is 9.69 Å². The van der Waals surface area contributed by atoms with E-state index in [9.17, 15) is 9.59 Å². The quantitative estimate of drug-likeness (QED) is 0.730. The van der Waals surface area contributed by atoms with Crippen LogP contribution in [0.5, 0.6) is 0 Å². The molecule has 0 fully saturated rings. The third-order valence-electron chi connectivity index (χ3n) is 2.96. The molecule has 1 amide bonds. The van der Waals surface area contributed by atoms with Crippen LogP contribution in [0.15, 0.2) is 10.5 Å². The highest BCUT2D eigenvalue weighted by Crippen LogP contribution is 2.17. The molecule has 0 aliphatic carbocycles. The van der Waals surface area contributed by atoms with E-state index in [4.69, 9.17) is 10.2 Å². The summed E-state index contributed by atoms with van der Waals surface area (Å²) < 4.78 is 10.2. The normalized spacial score (nSPS) is 10.8. The molecule has 0 aliphatic heterocycles. The zero-order valence-corrected chi connectivity index (χ0v) is 12.3. The Hall–Kier alpha value is -1.82. The smallest absolute Gasteiger partial charge is 0.341 e. The number of esters is 1. The zero-order chi connectivity index (χ0) is 15.1. The minimum Gasteiger partial charge on any atom is -0.465 e. The number of rotatable bonds is 8. The Morgan fingerprint density at radius 2 is 2.15 bits per heavy atom. The molecule has 0 bridgehead atoms. The van der Waals surface area contributed by atoms with Crippen molar-refractivity contribution >= 4 is 11.9 Å². The third kappa shape index (κ3) is 4.70. The zero-order valence-electron chi connectivity index (χ0n) is 12.3. The maximum atomic E-state index is 11.5. The van der Waals surface area contributed by atoms with Gasteiger partial charge in [0.2, 0.25) is 5.91 Å². The number of ether oxygens (including phenoxy) is 1. The first-order valence-corrected chi connectivity index (χ1v) is 6.66. The molecule has 6 nitrogen and oxygen atoms in total. The van der Waals surface area contributed by atoms with E-state index in [1.54, 1.807) is 13.0 Å². The Balaban J connectivity index is 2.77. The van der Waals surface area contributed by atoms with E-state index >= 15 is 0 Å². The molecule has 20 heavy (non-hydrogen) atoms. The number of hydrogen-bond acceptors (Lipinski definition) is 5. The largest absolute Gasteiger partial charge is 0.465 e. The van der Waals surface area contributed by atoms with E-state index in [0.717, 1.165) is 19.4 Å². The molecule has 0 saturated carbocycles. The first-order chi connectivity index (χ1) is 9.47. The minimum absolute atomic E-state index is 0.174. The van der Waals surface area contributed by atoms with Gasteiger partial charge in [-0.25, -0.2) is 4.79 Å². The van der Waals surface area contributed by atoms with Crippen LogP contribution in [0.1, 0.15) is 41.6 Å². The third-order valence-corrected chi connectivity index (χ3v) is 2.96. The van der Waals surface area contributed by atoms with Gasteiger partial charge in [0, 0.05) is 0 Å². The molecule has 0 unspecified atom stereocenters. The van der Waals surface area contributed by atoms with Crippen molar-refractivity contribution < 1.29 is 18.7 Å². The number of carbonyl (C=O) groups is 2. The van der Waals surface area contributed by atoms with Crippen LogP contribution in [0.25, 0.3) is 0 Å². The van der Waals surface area contributed by atoms with E-state index in [1.807, 2.05) is 4.90 Å². The molecule has 0 saturated heterocycles. The van der Waals surface area contributed by atoms with Gasteiger partial charge in [-0.15, -0.1) is 0 Å². The molecular weight excluding hydrogens is 260 g/mol. The van der Waals surface area contributed by atoms with E-state index in [2.05, 4.69) is 11.7 Å². The fraction of sp³-hybridized carbons (Fsp3) is 0.571. The summed E-state index contributed by atoms with van der Waals surface area (Å²) in [5.41, 5.74) is 5.65. The fourth-order valence-corrected chi connectivity index (χ4v) is 1.97. The predicted octanol–water partition coefficient (Wildman–Crippen LogP) is 1.46. The van der Waals surface area contributed by atoms with Crippen molar-refractivity contribution in [1.82, 2.24) is 4.90 Å². The lowest BCUT2D eigenvalue weighted by atomic mass is 10.2. The SMILES string of the molecule is CCCCN(CC(N)=O)Cc1cc(C(=O)OC)c(C)o1. The van der Waals surface area contributed by atoms with Crippen molar-refractivity contribution in [3.05, 3.63) is 23.2 Å². The first-order valence-electron chi connectivity index (χ1n) is 6.66. The average molecular weight is 282 g/mol. The molecule has 0 aromatic carbocycles. The second kappa shape index (κ2) is 7.69. The summed E-state index contributed by atoms with van der Waals surface area (Å²) in [4.78, 5) is 24.5. The van der Waals surface area contributed by atoms with Gasteiger partial charge in [0.15, 0.2) is 0 Å². The van der Waals surface area contributed by atoms with Crippen LogP contribution in [-0.4, -0.2) is 37.0 Å². The highest BCUT2D eigenvalue weighted by atomic mass is 16.5. The van der Waals surface area contributed by atoms with E-state index in [1.165, 1.54) is 7.11 Å². The summed E-state index contributed by atoms with van der Waals surface area (Å²) in [6.45, 7) is 5.16. The van der Waals surface area contributed by atoms with Crippen molar-refractivity contribution in [2.24, 2.45) is 5.73 Å². The Bertz CT molecular complexity index is 468. The van der Waals surface area contributed by atoms with Gasteiger partial charge >= 0.3 is 5.97 Å². The number of amides is 1. The van der Waals surface area contributed by atoms with Crippen LogP contribution in [-0.2, 0) is 16.1 Å². The fourth-order valence-electron chi connectivity index (χ4n) is 1.97. The number of carbonyl (C=O) groups excluding carboxylic acids is 2. The van der Waals surface area contributed by atoms with Crippen molar-refractivity contribution in [3.63, 3.8) is 0 Å². The molecule has 1 heterocycles. The second-order valence-electron chi connectivity index (χ2n) is 4.70. The molecule has 112 valence electrons. The lowest BCUT2D eigenvalue weighted by Crippen LogP contribution is -2.34. The Labute approximate surface area is 118 Å². The lowest BCUT2D eigenvalue weighted by molar-refractivity contribution is -0.119. The predicted molar refractivity (Wildman–Crippen MR) is 74.2 cm³/mol. The van der Waals surface area contributed by atoms with Gasteiger partial charge < -0.3 is 14.9 Å². The summed E-state index contributed by atoms with van der Waals surface area (Å²) in [6.07, 6.45) is 2.00. The summed E-state index contributed by atoms with van der Waals surface area (Å²) >= 11 is 0. The summed E-state index contributed by atoms with van der Waals surface area (Å²) in [5.74, 6) is 0.340. The van der Waals surface area contributed by atoms with Gasteiger partial charge in [0.05, 0.1) is 20.2 Å². The van der Waals surface area contributed by atoms with E-state index in [-0.39, 0.29) is 12.5 Å². The standard InChI is InChI=1S/C14H22N2O4/c1-4-5-6-16(9-13(15)17)8-11-7-12(10(2)20-11)14(18)19-3/h7H,4-6,8-9H2,1-3H3,(H2,15,17). The Morgan fingerprint density at radius 1 is 1.45 bits per heavy atom. The molecular formula is C14H22N2O4. The minimum atomic E-state index is -0.424. The highest BCUT2D eigenvalue weighted by molar-refractivity contribution is 5.90. The molecule has 1 rings (SSSR count). The van der Waals surface area contributed by atoms with Crippen molar-refractivity contribution in [2.75, 3.05) is 20.2 Å². The monoisotopic (exact) mass is 282 g/mol. The number of nitrogens with zero attached hydrogens (tertiary/aromatic N) is 1. The summed E-state index contributed by atoms with van der Waals surface area (Å²) in [6, 6.07) is 1.65. The van der Waals surface area contributed by atoms with Crippen LogP contribution in [0.4, 0.5) is 0 Å². The number of furan rings is 1. The summed E-state index contributed by atoms with van der Waals surface area (Å²) in [5, 5.41) is 0. The van der Waals surface area contributed by atoms with Crippen LogP contribution in [0.3, 0.4) is 0 Å². The number of unbranched alkanes of at least 4 members (excludes halogenated alkanes) is 1. The Kier molecular flexibility index (Phi) is 6.24. The molecule has 6 heteroatoms. The average Bonchev–Trinajstić information content (AvgIpc) is 2.75. The Morgan fingerprint density at radius 3 is 2.70 bits per heavy atom. The maximum Gasteiger partial charge on any atom is 0.341 e. The lowest BCUT2D eigenvalue weighted by Gasteiger charge is -2.18. The topological polar surface area (TPSA) is 85.8 Å². The molecule has 0 atom stereocenters. The van der Waals surface area contributed by atoms with Gasteiger partial charge in [-0.05, 0) is 26.0 Å². The summed E-state index contributed by atoms with van der Waals surface area (Å²) in [7, 11) is 1.33. The molecule has 1 aromatic heterocycles. The van der Waals surface area contributed by atoms with E-state index in [0.29, 0.717) is 23.6 Å². The molecule has 0 aliphatic rings. The van der Waals surface area contributed by atoms with Gasteiger partial charge in [-0.2, -0.15) is 0 Å². The maximum absolute atomic E-state index is 11.5. The van der Waals surface area contributed by atoms with Gasteiger partial charge in [0.1, 0.15) is 17.1 Å². The molecule has 0 spiro atoms. The number of nitrogens with two attached hydrogens (primary N) is 1. The van der Waals surface area contributed by atoms with Crippen molar-refractivity contribution in [1.29, 1.82) is 0 Å². The van der Waals surface area contributed by atoms with Crippen LogP contribution in [0.2, 0.25) is 0 Å². The number of hydrogen-bond donors (Lipinski definition) is 1. The highest BCUT2D eigenvalue weighted by Gasteiger charge is 2.17. The number of aryl methyl sites for hydroxylation is 1. The van der Waals surface area contributed by atoms with Crippen LogP contribution in [0, 0.1) is 6.92 Å². The number of primary amides is 1. The van der Waals surface area contributed by atoms with E-state index < -0.39 is 5.97 Å².